The lowest BCUT2D eigenvalue weighted by Crippen LogP contribution is -2.15. The lowest BCUT2D eigenvalue weighted by molar-refractivity contribution is -0.116. The van der Waals surface area contributed by atoms with Crippen molar-refractivity contribution in [2.75, 3.05) is 17.2 Å². The summed E-state index contributed by atoms with van der Waals surface area (Å²) in [6.45, 7) is 3.73. The second kappa shape index (κ2) is 7.98. The molecule has 2 N–H and O–H groups in total. The fraction of sp³-hybridized carbons (Fsp3) is 0.222. The van der Waals surface area contributed by atoms with Gasteiger partial charge in [0, 0.05) is 18.3 Å². The maximum Gasteiger partial charge on any atom is 0.227 e. The SMILES string of the molecule is CC(=O)Nc1cccc(NC(=O)CCOc2cccc(C)c2)c1. The van der Waals surface area contributed by atoms with Gasteiger partial charge in [-0.15, -0.1) is 0 Å². The van der Waals surface area contributed by atoms with Crippen molar-refractivity contribution in [1.29, 1.82) is 0 Å². The minimum absolute atomic E-state index is 0.141. The molecule has 0 spiro atoms. The Morgan fingerprint density at radius 1 is 1.00 bits per heavy atom. The average molecular weight is 312 g/mol. The predicted molar refractivity (Wildman–Crippen MR) is 90.7 cm³/mol. The van der Waals surface area contributed by atoms with Crippen molar-refractivity contribution in [1.82, 2.24) is 0 Å². The van der Waals surface area contributed by atoms with Crippen molar-refractivity contribution in [3.8, 4) is 5.75 Å². The van der Waals surface area contributed by atoms with Gasteiger partial charge < -0.3 is 15.4 Å². The molecule has 0 heterocycles. The van der Waals surface area contributed by atoms with Crippen LogP contribution in [0.5, 0.6) is 5.75 Å². The van der Waals surface area contributed by atoms with Crippen LogP contribution in [0.15, 0.2) is 48.5 Å². The van der Waals surface area contributed by atoms with Crippen LogP contribution in [0.1, 0.15) is 18.9 Å². The molecule has 0 saturated carbocycles. The van der Waals surface area contributed by atoms with Gasteiger partial charge in [-0.3, -0.25) is 9.59 Å². The van der Waals surface area contributed by atoms with Gasteiger partial charge in [0.25, 0.3) is 0 Å². The Morgan fingerprint density at radius 2 is 1.70 bits per heavy atom. The van der Waals surface area contributed by atoms with Gasteiger partial charge in [-0.05, 0) is 42.8 Å². The summed E-state index contributed by atoms with van der Waals surface area (Å²) in [5.74, 6) is 0.461. The summed E-state index contributed by atoms with van der Waals surface area (Å²) in [4.78, 5) is 23.0. The summed E-state index contributed by atoms with van der Waals surface area (Å²) < 4.78 is 5.55. The van der Waals surface area contributed by atoms with Crippen molar-refractivity contribution in [3.05, 3.63) is 54.1 Å². The maximum atomic E-state index is 11.9. The molecule has 5 heteroatoms. The number of carbonyl (C=O) groups is 2. The molecule has 0 aromatic heterocycles. The zero-order valence-corrected chi connectivity index (χ0v) is 13.3. The minimum atomic E-state index is -0.153. The summed E-state index contributed by atoms with van der Waals surface area (Å²) in [5.41, 5.74) is 2.39. The molecule has 0 saturated heterocycles. The van der Waals surface area contributed by atoms with Gasteiger partial charge in [-0.2, -0.15) is 0 Å². The number of ether oxygens (including phenoxy) is 1. The van der Waals surface area contributed by atoms with Crippen LogP contribution in [-0.2, 0) is 9.59 Å². The van der Waals surface area contributed by atoms with E-state index in [1.54, 1.807) is 24.3 Å². The average Bonchev–Trinajstić information content (AvgIpc) is 2.47. The quantitative estimate of drug-likeness (QED) is 0.859. The zero-order valence-electron chi connectivity index (χ0n) is 13.3. The highest BCUT2D eigenvalue weighted by molar-refractivity contribution is 5.93. The summed E-state index contributed by atoms with van der Waals surface area (Å²) in [6.07, 6.45) is 0.248. The fourth-order valence-electron chi connectivity index (χ4n) is 2.07. The molecule has 2 aromatic carbocycles. The van der Waals surface area contributed by atoms with E-state index in [-0.39, 0.29) is 18.2 Å². The highest BCUT2D eigenvalue weighted by Gasteiger charge is 2.04. The molecule has 0 aliphatic carbocycles. The highest BCUT2D eigenvalue weighted by Crippen LogP contribution is 2.16. The van der Waals surface area contributed by atoms with E-state index >= 15 is 0 Å². The fourth-order valence-corrected chi connectivity index (χ4v) is 2.07. The van der Waals surface area contributed by atoms with Gasteiger partial charge >= 0.3 is 0 Å². The van der Waals surface area contributed by atoms with Gasteiger partial charge in [0.15, 0.2) is 0 Å². The molecule has 0 fully saturated rings. The first-order valence-electron chi connectivity index (χ1n) is 7.40. The normalized spacial score (nSPS) is 10.0. The van der Waals surface area contributed by atoms with Gasteiger partial charge in [0.1, 0.15) is 5.75 Å². The Balaban J connectivity index is 1.81. The van der Waals surface area contributed by atoms with E-state index in [9.17, 15) is 9.59 Å². The second-order valence-electron chi connectivity index (χ2n) is 5.23. The summed E-state index contributed by atoms with van der Waals surface area (Å²) in [5, 5.41) is 5.46. The maximum absolute atomic E-state index is 11.9. The molecule has 0 atom stereocenters. The third kappa shape index (κ3) is 5.82. The molecule has 0 radical (unpaired) electrons. The molecule has 2 aromatic rings. The number of carbonyl (C=O) groups excluding carboxylic acids is 2. The van der Waals surface area contributed by atoms with E-state index in [1.807, 2.05) is 31.2 Å². The first-order valence-corrected chi connectivity index (χ1v) is 7.40. The molecular formula is C18H20N2O3. The number of aryl methyl sites for hydroxylation is 1. The number of hydrogen-bond donors (Lipinski definition) is 2. The zero-order chi connectivity index (χ0) is 16.7. The van der Waals surface area contributed by atoms with Crippen molar-refractivity contribution < 1.29 is 14.3 Å². The van der Waals surface area contributed by atoms with Crippen molar-refractivity contribution in [2.24, 2.45) is 0 Å². The Bertz CT molecular complexity index is 698. The van der Waals surface area contributed by atoms with Crippen LogP contribution in [0.2, 0.25) is 0 Å². The highest BCUT2D eigenvalue weighted by atomic mass is 16.5. The molecule has 0 unspecified atom stereocenters. The second-order valence-corrected chi connectivity index (χ2v) is 5.23. The molecule has 2 rings (SSSR count). The van der Waals surface area contributed by atoms with E-state index in [0.717, 1.165) is 11.3 Å². The van der Waals surface area contributed by atoms with Crippen LogP contribution in [0, 0.1) is 6.92 Å². The van der Waals surface area contributed by atoms with E-state index in [0.29, 0.717) is 18.0 Å². The number of hydrogen-bond acceptors (Lipinski definition) is 3. The Hall–Kier alpha value is -2.82. The standard InChI is InChI=1S/C18H20N2O3/c1-13-5-3-8-17(11-13)23-10-9-18(22)20-16-7-4-6-15(12-16)19-14(2)21/h3-8,11-12H,9-10H2,1-2H3,(H,19,21)(H,20,22). The predicted octanol–water partition coefficient (Wildman–Crippen LogP) is 3.36. The van der Waals surface area contributed by atoms with E-state index in [4.69, 9.17) is 4.74 Å². The molecular weight excluding hydrogens is 292 g/mol. The third-order valence-electron chi connectivity index (χ3n) is 3.05. The lowest BCUT2D eigenvalue weighted by Gasteiger charge is -2.09. The molecule has 0 aliphatic heterocycles. The molecule has 120 valence electrons. The monoisotopic (exact) mass is 312 g/mol. The molecule has 0 bridgehead atoms. The van der Waals surface area contributed by atoms with Crippen LogP contribution in [-0.4, -0.2) is 18.4 Å². The molecule has 5 nitrogen and oxygen atoms in total. The van der Waals surface area contributed by atoms with Gasteiger partial charge in [-0.25, -0.2) is 0 Å². The lowest BCUT2D eigenvalue weighted by atomic mass is 10.2. The van der Waals surface area contributed by atoms with Crippen molar-refractivity contribution in [2.45, 2.75) is 20.3 Å². The summed E-state index contributed by atoms with van der Waals surface area (Å²) in [7, 11) is 0. The van der Waals surface area contributed by atoms with E-state index in [1.165, 1.54) is 6.92 Å². The Labute approximate surface area is 135 Å². The van der Waals surface area contributed by atoms with Crippen LogP contribution in [0.3, 0.4) is 0 Å². The minimum Gasteiger partial charge on any atom is -0.493 e. The van der Waals surface area contributed by atoms with Gasteiger partial charge in [0.2, 0.25) is 11.8 Å². The number of benzene rings is 2. The smallest absolute Gasteiger partial charge is 0.227 e. The van der Waals surface area contributed by atoms with Crippen LogP contribution in [0.25, 0.3) is 0 Å². The van der Waals surface area contributed by atoms with Crippen LogP contribution in [0.4, 0.5) is 11.4 Å². The first-order chi connectivity index (χ1) is 11.0. The van der Waals surface area contributed by atoms with Crippen LogP contribution < -0.4 is 15.4 Å². The van der Waals surface area contributed by atoms with Crippen LogP contribution >= 0.6 is 0 Å². The van der Waals surface area contributed by atoms with Crippen molar-refractivity contribution >= 4 is 23.2 Å². The first kappa shape index (κ1) is 16.5. The van der Waals surface area contributed by atoms with Crippen molar-refractivity contribution in [3.63, 3.8) is 0 Å². The number of amides is 2. The Kier molecular flexibility index (Phi) is 5.74. The molecule has 0 aliphatic rings. The summed E-state index contributed by atoms with van der Waals surface area (Å²) >= 11 is 0. The number of nitrogens with one attached hydrogen (secondary N) is 2. The third-order valence-corrected chi connectivity index (χ3v) is 3.05. The van der Waals surface area contributed by atoms with E-state index in [2.05, 4.69) is 10.6 Å². The topological polar surface area (TPSA) is 67.4 Å². The molecule has 23 heavy (non-hydrogen) atoms. The van der Waals surface area contributed by atoms with Gasteiger partial charge in [0.05, 0.1) is 13.0 Å². The molecule has 2 amide bonds. The van der Waals surface area contributed by atoms with Gasteiger partial charge in [-0.1, -0.05) is 18.2 Å². The number of anilines is 2. The van der Waals surface area contributed by atoms with E-state index < -0.39 is 0 Å². The summed E-state index contributed by atoms with van der Waals surface area (Å²) in [6, 6.07) is 14.7. The number of rotatable bonds is 6. The largest absolute Gasteiger partial charge is 0.493 e. The Morgan fingerprint density at radius 3 is 2.39 bits per heavy atom.